The molecule has 1 rings (SSSR count). The average molecular weight is 257 g/mol. The third-order valence-electron chi connectivity index (χ3n) is 2.31. The fourth-order valence-electron chi connectivity index (χ4n) is 1.40. The zero-order chi connectivity index (χ0) is 10.6. The first-order chi connectivity index (χ1) is 6.65. The molecule has 78 valence electrons. The number of nitrogen functional groups attached to an aromatic ring is 1. The maximum atomic E-state index is 5.84. The summed E-state index contributed by atoms with van der Waals surface area (Å²) < 4.78 is 1.05. The Balaban J connectivity index is 2.72. The molecule has 0 aliphatic heterocycles. The predicted molar refractivity (Wildman–Crippen MR) is 64.3 cm³/mol. The number of rotatable bonds is 4. The Kier molecular flexibility index (Phi) is 4.39. The molecule has 1 aromatic rings. The zero-order valence-corrected chi connectivity index (χ0v) is 10.4. The minimum Gasteiger partial charge on any atom is -0.383 e. The van der Waals surface area contributed by atoms with Gasteiger partial charge in [0.1, 0.15) is 5.82 Å². The molecule has 2 N–H and O–H groups in total. The highest BCUT2D eigenvalue weighted by Crippen LogP contribution is 2.21. The van der Waals surface area contributed by atoms with Crippen LogP contribution in [0.4, 0.5) is 5.82 Å². The van der Waals surface area contributed by atoms with E-state index in [1.54, 1.807) is 0 Å². The van der Waals surface area contributed by atoms with Gasteiger partial charge in [-0.25, -0.2) is 4.98 Å². The molecule has 0 saturated heterocycles. The van der Waals surface area contributed by atoms with Gasteiger partial charge in [0, 0.05) is 4.47 Å². The SMILES string of the molecule is CCCCCc1cc(Br)c(C)nc1N. The Hall–Kier alpha value is -0.570. The van der Waals surface area contributed by atoms with Gasteiger partial charge in [0.25, 0.3) is 0 Å². The highest BCUT2D eigenvalue weighted by Gasteiger charge is 2.04. The summed E-state index contributed by atoms with van der Waals surface area (Å²) in [5.41, 5.74) is 7.96. The van der Waals surface area contributed by atoms with Crippen molar-refractivity contribution < 1.29 is 0 Å². The van der Waals surface area contributed by atoms with Crippen molar-refractivity contribution in [2.45, 2.75) is 39.5 Å². The standard InChI is InChI=1S/C11H17BrN2/c1-3-4-5-6-9-7-10(12)8(2)14-11(9)13/h7H,3-6H2,1-2H3,(H2,13,14). The fraction of sp³-hybridized carbons (Fsp3) is 0.545. The van der Waals surface area contributed by atoms with Crippen LogP contribution in [0.2, 0.25) is 0 Å². The molecule has 0 saturated carbocycles. The number of anilines is 1. The largest absolute Gasteiger partial charge is 0.383 e. The molecule has 0 aliphatic carbocycles. The van der Waals surface area contributed by atoms with E-state index in [1.165, 1.54) is 19.3 Å². The summed E-state index contributed by atoms with van der Waals surface area (Å²) in [6.45, 7) is 4.16. The summed E-state index contributed by atoms with van der Waals surface area (Å²) in [6.07, 6.45) is 4.72. The van der Waals surface area contributed by atoms with E-state index in [-0.39, 0.29) is 0 Å². The van der Waals surface area contributed by atoms with E-state index in [4.69, 9.17) is 5.73 Å². The van der Waals surface area contributed by atoms with Gasteiger partial charge in [-0.15, -0.1) is 0 Å². The first-order valence-electron chi connectivity index (χ1n) is 5.06. The molecule has 14 heavy (non-hydrogen) atoms. The number of nitrogens with two attached hydrogens (primary N) is 1. The molecular formula is C11H17BrN2. The Morgan fingerprint density at radius 2 is 2.14 bits per heavy atom. The van der Waals surface area contributed by atoms with Crippen molar-refractivity contribution in [1.82, 2.24) is 4.98 Å². The molecule has 0 atom stereocenters. The Morgan fingerprint density at radius 3 is 2.79 bits per heavy atom. The molecule has 0 fully saturated rings. The third-order valence-corrected chi connectivity index (χ3v) is 3.12. The number of hydrogen-bond acceptors (Lipinski definition) is 2. The van der Waals surface area contributed by atoms with Crippen LogP contribution in [0.15, 0.2) is 10.5 Å². The van der Waals surface area contributed by atoms with E-state index in [9.17, 15) is 0 Å². The lowest BCUT2D eigenvalue weighted by molar-refractivity contribution is 0.716. The summed E-state index contributed by atoms with van der Waals surface area (Å²) >= 11 is 3.47. The van der Waals surface area contributed by atoms with Crippen LogP contribution in [-0.2, 0) is 6.42 Å². The quantitative estimate of drug-likeness (QED) is 0.839. The molecule has 0 amide bonds. The summed E-state index contributed by atoms with van der Waals surface area (Å²) in [7, 11) is 0. The van der Waals surface area contributed by atoms with Crippen molar-refractivity contribution in [3.8, 4) is 0 Å². The van der Waals surface area contributed by atoms with Crippen molar-refractivity contribution in [1.29, 1.82) is 0 Å². The second kappa shape index (κ2) is 5.35. The number of aromatic nitrogens is 1. The van der Waals surface area contributed by atoms with E-state index in [2.05, 4.69) is 33.9 Å². The van der Waals surface area contributed by atoms with Crippen LogP contribution in [0.1, 0.15) is 37.4 Å². The maximum absolute atomic E-state index is 5.84. The van der Waals surface area contributed by atoms with Gasteiger partial charge in [-0.3, -0.25) is 0 Å². The van der Waals surface area contributed by atoms with Crippen LogP contribution in [0.25, 0.3) is 0 Å². The number of hydrogen-bond donors (Lipinski definition) is 1. The van der Waals surface area contributed by atoms with Crippen molar-refractivity contribution in [3.63, 3.8) is 0 Å². The van der Waals surface area contributed by atoms with Gasteiger partial charge in [0.15, 0.2) is 0 Å². The maximum Gasteiger partial charge on any atom is 0.126 e. The van der Waals surface area contributed by atoms with Gasteiger partial charge in [0.2, 0.25) is 0 Å². The number of halogens is 1. The van der Waals surface area contributed by atoms with E-state index in [1.807, 2.05) is 6.92 Å². The van der Waals surface area contributed by atoms with Crippen molar-refractivity contribution in [2.75, 3.05) is 5.73 Å². The highest BCUT2D eigenvalue weighted by molar-refractivity contribution is 9.10. The lowest BCUT2D eigenvalue weighted by Crippen LogP contribution is -2.00. The topological polar surface area (TPSA) is 38.9 Å². The van der Waals surface area contributed by atoms with Crippen LogP contribution < -0.4 is 5.73 Å². The van der Waals surface area contributed by atoms with E-state index in [0.717, 1.165) is 22.2 Å². The van der Waals surface area contributed by atoms with Gasteiger partial charge in [-0.2, -0.15) is 0 Å². The van der Waals surface area contributed by atoms with Crippen molar-refractivity contribution >= 4 is 21.7 Å². The van der Waals surface area contributed by atoms with Crippen LogP contribution in [0.5, 0.6) is 0 Å². The molecular weight excluding hydrogens is 240 g/mol. The van der Waals surface area contributed by atoms with E-state index >= 15 is 0 Å². The predicted octanol–water partition coefficient (Wildman–Crippen LogP) is 3.47. The molecule has 2 nitrogen and oxygen atoms in total. The Labute approximate surface area is 94.0 Å². The van der Waals surface area contributed by atoms with Gasteiger partial charge < -0.3 is 5.73 Å². The molecule has 0 radical (unpaired) electrons. The number of unbranched alkanes of at least 4 members (excludes halogenated alkanes) is 2. The Bertz CT molecular complexity index is 310. The minimum atomic E-state index is 0.682. The lowest BCUT2D eigenvalue weighted by atomic mass is 10.1. The minimum absolute atomic E-state index is 0.682. The average Bonchev–Trinajstić information content (AvgIpc) is 2.14. The Morgan fingerprint density at radius 1 is 1.43 bits per heavy atom. The second-order valence-corrected chi connectivity index (χ2v) is 4.41. The van der Waals surface area contributed by atoms with E-state index < -0.39 is 0 Å². The molecule has 3 heteroatoms. The molecule has 0 bridgehead atoms. The fourth-order valence-corrected chi connectivity index (χ4v) is 1.77. The highest BCUT2D eigenvalue weighted by atomic mass is 79.9. The first-order valence-corrected chi connectivity index (χ1v) is 5.86. The number of pyridine rings is 1. The summed E-state index contributed by atoms with van der Waals surface area (Å²) in [5, 5.41) is 0. The molecule has 0 unspecified atom stereocenters. The molecule has 1 aromatic heterocycles. The third kappa shape index (κ3) is 2.98. The molecule has 0 aromatic carbocycles. The van der Waals surface area contributed by atoms with Crippen LogP contribution in [0, 0.1) is 6.92 Å². The molecule has 0 aliphatic rings. The van der Waals surface area contributed by atoms with Crippen LogP contribution in [0.3, 0.4) is 0 Å². The smallest absolute Gasteiger partial charge is 0.126 e. The van der Waals surface area contributed by atoms with Gasteiger partial charge in [-0.1, -0.05) is 19.8 Å². The number of nitrogens with zero attached hydrogens (tertiary/aromatic N) is 1. The number of aryl methyl sites for hydroxylation is 2. The monoisotopic (exact) mass is 256 g/mol. The summed E-state index contributed by atoms with van der Waals surface area (Å²) in [6, 6.07) is 2.09. The van der Waals surface area contributed by atoms with Crippen molar-refractivity contribution in [3.05, 3.63) is 21.8 Å². The lowest BCUT2D eigenvalue weighted by Gasteiger charge is -2.07. The van der Waals surface area contributed by atoms with E-state index in [0.29, 0.717) is 5.82 Å². The molecule has 1 heterocycles. The summed E-state index contributed by atoms with van der Waals surface area (Å²) in [5.74, 6) is 0.682. The normalized spacial score (nSPS) is 10.5. The van der Waals surface area contributed by atoms with Crippen molar-refractivity contribution in [2.24, 2.45) is 0 Å². The van der Waals surface area contributed by atoms with Crippen LogP contribution in [-0.4, -0.2) is 4.98 Å². The molecule has 0 spiro atoms. The van der Waals surface area contributed by atoms with Gasteiger partial charge >= 0.3 is 0 Å². The second-order valence-electron chi connectivity index (χ2n) is 3.56. The van der Waals surface area contributed by atoms with Crippen LogP contribution >= 0.6 is 15.9 Å². The van der Waals surface area contributed by atoms with Gasteiger partial charge in [-0.05, 0) is 47.3 Å². The van der Waals surface area contributed by atoms with Gasteiger partial charge in [0.05, 0.1) is 5.69 Å². The zero-order valence-electron chi connectivity index (χ0n) is 8.81. The summed E-state index contributed by atoms with van der Waals surface area (Å²) in [4.78, 5) is 4.28. The first kappa shape index (κ1) is 11.5.